The number of rotatable bonds is 2. The first-order chi connectivity index (χ1) is 9.74. The number of amides is 1. The van der Waals surface area contributed by atoms with Crippen molar-refractivity contribution in [1.29, 1.82) is 0 Å². The number of aryl methyl sites for hydroxylation is 1. The van der Waals surface area contributed by atoms with Gasteiger partial charge < -0.3 is 5.32 Å². The molecule has 4 heteroatoms. The van der Waals surface area contributed by atoms with Crippen LogP contribution in [0.2, 0.25) is 0 Å². The van der Waals surface area contributed by atoms with E-state index in [9.17, 15) is 4.79 Å². The molecular weight excluding hydrogens is 316 g/mol. The Kier molecular flexibility index (Phi) is 3.83. The van der Waals surface area contributed by atoms with Crippen molar-refractivity contribution in [3.05, 3.63) is 63.9 Å². The summed E-state index contributed by atoms with van der Waals surface area (Å²) >= 11 is 3.32. The van der Waals surface area contributed by atoms with Gasteiger partial charge in [0, 0.05) is 10.7 Å². The number of carbonyl (C=O) groups is 1. The van der Waals surface area contributed by atoms with Gasteiger partial charge in [0.2, 0.25) is 0 Å². The van der Waals surface area contributed by atoms with Gasteiger partial charge in [-0.3, -0.25) is 4.79 Å². The third-order valence-corrected chi connectivity index (χ3v) is 4.10. The molecule has 1 unspecified atom stereocenters. The Morgan fingerprint density at radius 2 is 2.10 bits per heavy atom. The van der Waals surface area contributed by atoms with Gasteiger partial charge in [-0.05, 0) is 58.5 Å². The minimum Gasteiger partial charge on any atom is -0.344 e. The molecule has 0 saturated carbocycles. The van der Waals surface area contributed by atoms with Gasteiger partial charge in [-0.1, -0.05) is 24.3 Å². The van der Waals surface area contributed by atoms with Gasteiger partial charge in [-0.15, -0.1) is 0 Å². The number of fused-ring (bicyclic) bond motifs is 1. The van der Waals surface area contributed by atoms with Crippen molar-refractivity contribution in [2.24, 2.45) is 0 Å². The molecule has 1 aliphatic carbocycles. The lowest BCUT2D eigenvalue weighted by Crippen LogP contribution is -2.31. The van der Waals surface area contributed by atoms with Crippen molar-refractivity contribution in [2.45, 2.75) is 25.3 Å². The molecule has 0 fully saturated rings. The Bertz CT molecular complexity index is 625. The fourth-order valence-electron chi connectivity index (χ4n) is 2.65. The molecule has 1 heterocycles. The first-order valence-corrected chi connectivity index (χ1v) is 7.53. The molecule has 1 N–H and O–H groups in total. The SMILES string of the molecule is O=C(NC1CCCc2ccccc21)c1ccc(Br)cn1. The van der Waals surface area contributed by atoms with E-state index in [-0.39, 0.29) is 11.9 Å². The number of benzene rings is 1. The molecule has 1 atom stereocenters. The molecule has 0 aliphatic heterocycles. The van der Waals surface area contributed by atoms with E-state index in [4.69, 9.17) is 0 Å². The lowest BCUT2D eigenvalue weighted by atomic mass is 9.87. The maximum absolute atomic E-state index is 12.2. The number of halogens is 1. The number of nitrogens with zero attached hydrogens (tertiary/aromatic N) is 1. The molecule has 1 aromatic carbocycles. The summed E-state index contributed by atoms with van der Waals surface area (Å²) in [6.45, 7) is 0. The molecule has 2 aromatic rings. The predicted octanol–water partition coefficient (Wildman–Crippen LogP) is 3.65. The molecule has 0 radical (unpaired) electrons. The zero-order valence-corrected chi connectivity index (χ0v) is 12.6. The van der Waals surface area contributed by atoms with E-state index in [1.807, 2.05) is 12.1 Å². The predicted molar refractivity (Wildman–Crippen MR) is 81.5 cm³/mol. The average Bonchev–Trinajstić information content (AvgIpc) is 2.48. The first kappa shape index (κ1) is 13.3. The van der Waals surface area contributed by atoms with Gasteiger partial charge in [0.1, 0.15) is 5.69 Å². The van der Waals surface area contributed by atoms with E-state index in [1.54, 1.807) is 12.3 Å². The molecule has 0 spiro atoms. The van der Waals surface area contributed by atoms with Crippen LogP contribution >= 0.6 is 15.9 Å². The number of carbonyl (C=O) groups excluding carboxylic acids is 1. The number of hydrogen-bond donors (Lipinski definition) is 1. The normalized spacial score (nSPS) is 17.4. The van der Waals surface area contributed by atoms with E-state index in [0.29, 0.717) is 5.69 Å². The third kappa shape index (κ3) is 2.75. The van der Waals surface area contributed by atoms with Crippen LogP contribution in [0.1, 0.15) is 40.5 Å². The molecule has 0 bridgehead atoms. The number of hydrogen-bond acceptors (Lipinski definition) is 2. The molecule has 1 amide bonds. The number of nitrogens with one attached hydrogen (secondary N) is 1. The summed E-state index contributed by atoms with van der Waals surface area (Å²) in [6.07, 6.45) is 4.83. The highest BCUT2D eigenvalue weighted by Crippen LogP contribution is 2.29. The van der Waals surface area contributed by atoms with E-state index in [2.05, 4.69) is 44.4 Å². The molecule has 1 aliphatic rings. The van der Waals surface area contributed by atoms with Gasteiger partial charge in [0.05, 0.1) is 6.04 Å². The largest absolute Gasteiger partial charge is 0.344 e. The molecule has 1 aromatic heterocycles. The molecule has 102 valence electrons. The van der Waals surface area contributed by atoms with Gasteiger partial charge in [-0.2, -0.15) is 0 Å². The van der Waals surface area contributed by atoms with Crippen LogP contribution in [0.15, 0.2) is 47.1 Å². The highest BCUT2D eigenvalue weighted by atomic mass is 79.9. The van der Waals surface area contributed by atoms with E-state index in [0.717, 1.165) is 23.7 Å². The topological polar surface area (TPSA) is 42.0 Å². The molecule has 3 rings (SSSR count). The van der Waals surface area contributed by atoms with Gasteiger partial charge >= 0.3 is 0 Å². The van der Waals surface area contributed by atoms with Crippen molar-refractivity contribution in [1.82, 2.24) is 10.3 Å². The zero-order chi connectivity index (χ0) is 13.9. The summed E-state index contributed by atoms with van der Waals surface area (Å²) < 4.78 is 0.872. The summed E-state index contributed by atoms with van der Waals surface area (Å²) in [7, 11) is 0. The maximum Gasteiger partial charge on any atom is 0.270 e. The monoisotopic (exact) mass is 330 g/mol. The molecule has 3 nitrogen and oxygen atoms in total. The van der Waals surface area contributed by atoms with Gasteiger partial charge in [0.15, 0.2) is 0 Å². The summed E-state index contributed by atoms with van der Waals surface area (Å²) in [4.78, 5) is 16.4. The Morgan fingerprint density at radius 1 is 1.25 bits per heavy atom. The Balaban J connectivity index is 1.79. The average molecular weight is 331 g/mol. The van der Waals surface area contributed by atoms with E-state index < -0.39 is 0 Å². The fourth-order valence-corrected chi connectivity index (χ4v) is 2.88. The van der Waals surface area contributed by atoms with Crippen molar-refractivity contribution in [2.75, 3.05) is 0 Å². The van der Waals surface area contributed by atoms with E-state index >= 15 is 0 Å². The summed E-state index contributed by atoms with van der Waals surface area (Å²) in [5.74, 6) is -0.112. The Labute approximate surface area is 126 Å². The zero-order valence-electron chi connectivity index (χ0n) is 11.0. The van der Waals surface area contributed by atoms with Crippen LogP contribution in [0.4, 0.5) is 0 Å². The van der Waals surface area contributed by atoms with Crippen LogP contribution < -0.4 is 5.32 Å². The van der Waals surface area contributed by atoms with Gasteiger partial charge in [-0.25, -0.2) is 4.98 Å². The van der Waals surface area contributed by atoms with Crippen LogP contribution in [-0.4, -0.2) is 10.9 Å². The second-order valence-electron chi connectivity index (χ2n) is 4.98. The van der Waals surface area contributed by atoms with Crippen LogP contribution in [-0.2, 0) is 6.42 Å². The highest BCUT2D eigenvalue weighted by Gasteiger charge is 2.22. The summed E-state index contributed by atoms with van der Waals surface area (Å²) in [5, 5.41) is 3.09. The molecule has 0 saturated heterocycles. The smallest absolute Gasteiger partial charge is 0.270 e. The fraction of sp³-hybridized carbons (Fsp3) is 0.250. The van der Waals surface area contributed by atoms with Crippen molar-refractivity contribution in [3.8, 4) is 0 Å². The molecular formula is C16H15BrN2O. The second-order valence-corrected chi connectivity index (χ2v) is 5.89. The highest BCUT2D eigenvalue weighted by molar-refractivity contribution is 9.10. The Hall–Kier alpha value is -1.68. The minimum absolute atomic E-state index is 0.0953. The number of pyridine rings is 1. The van der Waals surface area contributed by atoms with Crippen LogP contribution in [0.5, 0.6) is 0 Å². The van der Waals surface area contributed by atoms with Crippen LogP contribution in [0.25, 0.3) is 0 Å². The standard InChI is InChI=1S/C16H15BrN2O/c17-12-8-9-15(18-10-12)16(20)19-14-7-3-5-11-4-1-2-6-13(11)14/h1-2,4,6,8-10,14H,3,5,7H2,(H,19,20). The van der Waals surface area contributed by atoms with E-state index in [1.165, 1.54) is 11.1 Å². The van der Waals surface area contributed by atoms with Crippen molar-refractivity contribution in [3.63, 3.8) is 0 Å². The molecule has 20 heavy (non-hydrogen) atoms. The second kappa shape index (κ2) is 5.75. The lowest BCUT2D eigenvalue weighted by molar-refractivity contribution is 0.0927. The van der Waals surface area contributed by atoms with Crippen molar-refractivity contribution >= 4 is 21.8 Å². The van der Waals surface area contributed by atoms with Crippen molar-refractivity contribution < 1.29 is 4.79 Å². The van der Waals surface area contributed by atoms with Crippen LogP contribution in [0, 0.1) is 0 Å². The maximum atomic E-state index is 12.2. The quantitative estimate of drug-likeness (QED) is 0.913. The third-order valence-electron chi connectivity index (χ3n) is 3.63. The summed E-state index contributed by atoms with van der Waals surface area (Å²) in [5.41, 5.74) is 3.04. The van der Waals surface area contributed by atoms with Gasteiger partial charge in [0.25, 0.3) is 5.91 Å². The lowest BCUT2D eigenvalue weighted by Gasteiger charge is -2.26. The summed E-state index contributed by atoms with van der Waals surface area (Å²) in [6, 6.07) is 12.0. The Morgan fingerprint density at radius 3 is 2.90 bits per heavy atom. The first-order valence-electron chi connectivity index (χ1n) is 6.74. The minimum atomic E-state index is -0.112. The van der Waals surface area contributed by atoms with Crippen LogP contribution in [0.3, 0.4) is 0 Å². The number of aromatic nitrogens is 1.